The van der Waals surface area contributed by atoms with Crippen molar-refractivity contribution in [1.29, 1.82) is 0 Å². The fraction of sp³-hybridized carbons (Fsp3) is 0.368. The van der Waals surface area contributed by atoms with E-state index in [0.717, 1.165) is 6.42 Å². The molecule has 0 aliphatic carbocycles. The Bertz CT molecular complexity index is 666. The molecule has 0 saturated carbocycles. The number of amides is 1. The Morgan fingerprint density at radius 2 is 1.85 bits per heavy atom. The summed E-state index contributed by atoms with van der Waals surface area (Å²) >= 11 is 0. The van der Waals surface area contributed by atoms with Crippen LogP contribution in [0.3, 0.4) is 0 Å². The van der Waals surface area contributed by atoms with Gasteiger partial charge in [0.2, 0.25) is 0 Å². The molecular formula is C19H27Cl2N3O2. The Hall–Kier alpha value is -1.82. The lowest BCUT2D eigenvalue weighted by Crippen LogP contribution is -2.52. The third-order valence-electron chi connectivity index (χ3n) is 3.71. The predicted octanol–water partition coefficient (Wildman–Crippen LogP) is 4.21. The van der Waals surface area contributed by atoms with Crippen molar-refractivity contribution in [2.75, 3.05) is 6.54 Å². The zero-order valence-electron chi connectivity index (χ0n) is 15.3. The Labute approximate surface area is 167 Å². The molecule has 0 bridgehead atoms. The van der Waals surface area contributed by atoms with Crippen LogP contribution in [0.4, 0.5) is 0 Å². The fourth-order valence-corrected chi connectivity index (χ4v) is 2.65. The van der Waals surface area contributed by atoms with Crippen molar-refractivity contribution in [3.8, 4) is 11.5 Å². The van der Waals surface area contributed by atoms with E-state index in [0.29, 0.717) is 29.5 Å². The largest absolute Gasteiger partial charge is 0.456 e. The Balaban J connectivity index is 0.00000312. The molecule has 144 valence electrons. The number of hydrogen-bond acceptors (Lipinski definition) is 4. The molecule has 0 aliphatic rings. The molecule has 3 N–H and O–H groups in total. The number of pyridine rings is 1. The van der Waals surface area contributed by atoms with Gasteiger partial charge in [0, 0.05) is 23.8 Å². The minimum atomic E-state index is -0.407. The molecule has 1 heterocycles. The number of carbonyl (C=O) groups is 1. The van der Waals surface area contributed by atoms with Gasteiger partial charge in [-0.25, -0.2) is 0 Å². The van der Waals surface area contributed by atoms with Crippen molar-refractivity contribution in [2.24, 2.45) is 11.7 Å². The lowest BCUT2D eigenvalue weighted by molar-refractivity contribution is 0.0898. The Morgan fingerprint density at radius 3 is 2.35 bits per heavy atom. The number of hydrogen-bond donors (Lipinski definition) is 2. The number of benzene rings is 1. The lowest BCUT2D eigenvalue weighted by Gasteiger charge is -2.31. The van der Waals surface area contributed by atoms with Gasteiger partial charge in [-0.05, 0) is 55.7 Å². The van der Waals surface area contributed by atoms with E-state index < -0.39 is 5.54 Å². The summed E-state index contributed by atoms with van der Waals surface area (Å²) in [5, 5.41) is 3.05. The summed E-state index contributed by atoms with van der Waals surface area (Å²) in [5.41, 5.74) is 6.03. The Morgan fingerprint density at radius 1 is 1.19 bits per heavy atom. The van der Waals surface area contributed by atoms with Crippen LogP contribution in [0.2, 0.25) is 0 Å². The number of carbonyl (C=O) groups excluding carboxylic acids is 1. The van der Waals surface area contributed by atoms with E-state index in [4.69, 9.17) is 10.5 Å². The van der Waals surface area contributed by atoms with Crippen molar-refractivity contribution < 1.29 is 9.53 Å². The van der Waals surface area contributed by atoms with Gasteiger partial charge in [-0.2, -0.15) is 0 Å². The zero-order chi connectivity index (χ0) is 17.6. The van der Waals surface area contributed by atoms with Gasteiger partial charge in [0.1, 0.15) is 11.5 Å². The molecule has 1 aromatic carbocycles. The maximum atomic E-state index is 12.5. The number of ether oxygens (including phenoxy) is 1. The highest BCUT2D eigenvalue weighted by molar-refractivity contribution is 5.94. The van der Waals surface area contributed by atoms with Gasteiger partial charge in [-0.3, -0.25) is 9.78 Å². The smallest absolute Gasteiger partial charge is 0.251 e. The molecule has 5 nitrogen and oxygen atoms in total. The monoisotopic (exact) mass is 399 g/mol. The van der Waals surface area contributed by atoms with Crippen molar-refractivity contribution in [3.05, 3.63) is 54.4 Å². The SMILES string of the molecule is CC(C)CC(C)(CN)NC(=O)c1ccc(Oc2cccnc2)cc1.Cl.Cl. The zero-order valence-corrected chi connectivity index (χ0v) is 16.9. The summed E-state index contributed by atoms with van der Waals surface area (Å²) in [4.78, 5) is 16.5. The third kappa shape index (κ3) is 7.20. The molecule has 0 spiro atoms. The second kappa shape index (κ2) is 11.0. The van der Waals surface area contributed by atoms with Crippen LogP contribution in [0.25, 0.3) is 0 Å². The van der Waals surface area contributed by atoms with E-state index >= 15 is 0 Å². The topological polar surface area (TPSA) is 77.2 Å². The van der Waals surface area contributed by atoms with Crippen molar-refractivity contribution >= 4 is 30.7 Å². The maximum absolute atomic E-state index is 12.5. The molecule has 0 radical (unpaired) electrons. The van der Waals surface area contributed by atoms with Crippen LogP contribution >= 0.6 is 24.8 Å². The van der Waals surface area contributed by atoms with Gasteiger partial charge in [-0.1, -0.05) is 13.8 Å². The average Bonchev–Trinajstić information content (AvgIpc) is 2.55. The predicted molar refractivity (Wildman–Crippen MR) is 110 cm³/mol. The molecule has 26 heavy (non-hydrogen) atoms. The number of halogens is 2. The molecule has 2 rings (SSSR count). The van der Waals surface area contributed by atoms with E-state index in [1.807, 2.05) is 13.0 Å². The summed E-state index contributed by atoms with van der Waals surface area (Å²) < 4.78 is 5.67. The normalized spacial score (nSPS) is 12.3. The molecule has 0 fully saturated rings. The van der Waals surface area contributed by atoms with E-state index in [1.165, 1.54) is 0 Å². The molecule has 1 amide bonds. The molecular weight excluding hydrogens is 373 g/mol. The molecule has 2 aromatic rings. The highest BCUT2D eigenvalue weighted by Crippen LogP contribution is 2.21. The summed E-state index contributed by atoms with van der Waals surface area (Å²) in [6.45, 7) is 6.61. The van der Waals surface area contributed by atoms with Gasteiger partial charge in [0.25, 0.3) is 5.91 Å². The average molecular weight is 400 g/mol. The molecule has 1 aromatic heterocycles. The highest BCUT2D eigenvalue weighted by Gasteiger charge is 2.26. The van der Waals surface area contributed by atoms with Gasteiger partial charge < -0.3 is 15.8 Å². The Kier molecular flexibility index (Phi) is 10.2. The number of nitrogens with two attached hydrogens (primary N) is 1. The quantitative estimate of drug-likeness (QED) is 0.730. The highest BCUT2D eigenvalue weighted by atomic mass is 35.5. The van der Waals surface area contributed by atoms with E-state index in [1.54, 1.807) is 42.7 Å². The van der Waals surface area contributed by atoms with E-state index in [9.17, 15) is 4.79 Å². The minimum absolute atomic E-state index is 0. The maximum Gasteiger partial charge on any atom is 0.251 e. The van der Waals surface area contributed by atoms with E-state index in [-0.39, 0.29) is 30.7 Å². The molecule has 1 unspecified atom stereocenters. The lowest BCUT2D eigenvalue weighted by atomic mass is 9.90. The minimum Gasteiger partial charge on any atom is -0.456 e. The summed E-state index contributed by atoms with van der Waals surface area (Å²) in [7, 11) is 0. The summed E-state index contributed by atoms with van der Waals surface area (Å²) in [6.07, 6.45) is 4.16. The van der Waals surface area contributed by atoms with Gasteiger partial charge in [-0.15, -0.1) is 24.8 Å². The van der Waals surface area contributed by atoms with Crippen LogP contribution in [0.15, 0.2) is 48.8 Å². The van der Waals surface area contributed by atoms with Crippen LogP contribution in [0.1, 0.15) is 37.6 Å². The fourth-order valence-electron chi connectivity index (χ4n) is 2.65. The second-order valence-corrected chi connectivity index (χ2v) is 6.63. The first-order chi connectivity index (χ1) is 11.4. The molecule has 1 atom stereocenters. The molecule has 7 heteroatoms. The number of nitrogens with one attached hydrogen (secondary N) is 1. The van der Waals surface area contributed by atoms with Crippen molar-refractivity contribution in [1.82, 2.24) is 10.3 Å². The van der Waals surface area contributed by atoms with Crippen LogP contribution < -0.4 is 15.8 Å². The summed E-state index contributed by atoms with van der Waals surface area (Å²) in [5.74, 6) is 1.64. The van der Waals surface area contributed by atoms with Gasteiger partial charge >= 0.3 is 0 Å². The first kappa shape index (κ1) is 24.2. The van der Waals surface area contributed by atoms with Crippen LogP contribution in [0.5, 0.6) is 11.5 Å². The van der Waals surface area contributed by atoms with Crippen molar-refractivity contribution in [2.45, 2.75) is 32.7 Å². The second-order valence-electron chi connectivity index (χ2n) is 6.63. The summed E-state index contributed by atoms with van der Waals surface area (Å²) in [6, 6.07) is 10.7. The number of nitrogens with zero attached hydrogens (tertiary/aromatic N) is 1. The standard InChI is InChI=1S/C19H25N3O2.2ClH/c1-14(2)11-19(3,13-20)22-18(23)15-6-8-16(9-7-15)24-17-5-4-10-21-12-17;;/h4-10,12,14H,11,13,20H2,1-3H3,(H,22,23);2*1H. The van der Waals surface area contributed by atoms with Crippen molar-refractivity contribution in [3.63, 3.8) is 0 Å². The first-order valence-electron chi connectivity index (χ1n) is 8.12. The van der Waals surface area contributed by atoms with Crippen LogP contribution in [-0.2, 0) is 0 Å². The molecule has 0 saturated heterocycles. The first-order valence-corrected chi connectivity index (χ1v) is 8.12. The van der Waals surface area contributed by atoms with E-state index in [2.05, 4.69) is 24.1 Å². The van der Waals surface area contributed by atoms with Crippen LogP contribution in [0, 0.1) is 5.92 Å². The third-order valence-corrected chi connectivity index (χ3v) is 3.71. The van der Waals surface area contributed by atoms with Gasteiger partial charge in [0.15, 0.2) is 0 Å². The van der Waals surface area contributed by atoms with Crippen LogP contribution in [-0.4, -0.2) is 23.0 Å². The number of rotatable bonds is 7. The van der Waals surface area contributed by atoms with Gasteiger partial charge in [0.05, 0.1) is 6.20 Å². The number of aromatic nitrogens is 1. The molecule has 0 aliphatic heterocycles.